The Morgan fingerprint density at radius 1 is 1.10 bits per heavy atom. The van der Waals surface area contributed by atoms with Crippen LogP contribution in [-0.2, 0) is 9.59 Å². The third kappa shape index (κ3) is 4.11. The maximum Gasteiger partial charge on any atom is 0.260 e. The number of carbonyl (C=O) groups is 2. The highest BCUT2D eigenvalue weighted by Gasteiger charge is 2.22. The Kier molecular flexibility index (Phi) is 5.03. The molecule has 0 unspecified atom stereocenters. The van der Waals surface area contributed by atoms with Gasteiger partial charge in [0.15, 0.2) is 6.61 Å². The summed E-state index contributed by atoms with van der Waals surface area (Å²) < 4.78 is 5.50. The van der Waals surface area contributed by atoms with E-state index in [2.05, 4.69) is 5.32 Å². The summed E-state index contributed by atoms with van der Waals surface area (Å²) in [5.41, 5.74) is 0.994. The van der Waals surface area contributed by atoms with E-state index in [1.54, 1.807) is 16.7 Å². The number of carbonyl (C=O) groups excluding carboxylic acids is 2. The summed E-state index contributed by atoms with van der Waals surface area (Å²) in [5, 5.41) is 3.02. The maximum absolute atomic E-state index is 12.1. The van der Waals surface area contributed by atoms with E-state index in [-0.39, 0.29) is 18.4 Å². The first-order valence-corrected chi connectivity index (χ1v) is 7.04. The van der Waals surface area contributed by atoms with Crippen molar-refractivity contribution in [2.45, 2.75) is 6.92 Å². The quantitative estimate of drug-likeness (QED) is 0.891. The molecule has 0 radical (unpaired) electrons. The van der Waals surface area contributed by atoms with Crippen LogP contribution in [0, 0.1) is 0 Å². The van der Waals surface area contributed by atoms with E-state index in [0.29, 0.717) is 31.9 Å². The number of benzene rings is 1. The molecule has 0 aliphatic carbocycles. The fourth-order valence-electron chi connectivity index (χ4n) is 2.22. The monoisotopic (exact) mass is 291 g/mol. The van der Waals surface area contributed by atoms with E-state index in [1.165, 1.54) is 0 Å². The minimum Gasteiger partial charge on any atom is -0.484 e. The van der Waals surface area contributed by atoms with E-state index in [0.717, 1.165) is 5.69 Å². The first kappa shape index (κ1) is 15.2. The summed E-state index contributed by atoms with van der Waals surface area (Å²) in [6.45, 7) is 3.91. The zero-order valence-corrected chi connectivity index (χ0v) is 12.5. The predicted octanol–water partition coefficient (Wildman–Crippen LogP) is 0.798. The van der Waals surface area contributed by atoms with Gasteiger partial charge < -0.3 is 19.9 Å². The number of ether oxygens (including phenoxy) is 1. The van der Waals surface area contributed by atoms with Crippen molar-refractivity contribution in [2.75, 3.05) is 45.2 Å². The average Bonchev–Trinajstić information content (AvgIpc) is 2.53. The normalized spacial score (nSPS) is 14.8. The lowest BCUT2D eigenvalue weighted by atomic mass is 10.3. The summed E-state index contributed by atoms with van der Waals surface area (Å²) in [7, 11) is 1.85. The third-order valence-corrected chi connectivity index (χ3v) is 3.58. The van der Waals surface area contributed by atoms with Crippen molar-refractivity contribution >= 4 is 17.5 Å². The minimum atomic E-state index is -0.0455. The lowest BCUT2D eigenvalue weighted by Gasteiger charge is -2.34. The van der Waals surface area contributed by atoms with Gasteiger partial charge in [-0.25, -0.2) is 0 Å². The molecule has 21 heavy (non-hydrogen) atoms. The molecule has 114 valence electrons. The molecule has 0 atom stereocenters. The number of anilines is 1. The molecule has 6 heteroatoms. The van der Waals surface area contributed by atoms with Gasteiger partial charge in [-0.2, -0.15) is 0 Å². The van der Waals surface area contributed by atoms with E-state index >= 15 is 0 Å². The van der Waals surface area contributed by atoms with Crippen LogP contribution in [0.1, 0.15) is 6.92 Å². The lowest BCUT2D eigenvalue weighted by Crippen LogP contribution is -2.51. The van der Waals surface area contributed by atoms with E-state index < -0.39 is 0 Å². The average molecular weight is 291 g/mol. The van der Waals surface area contributed by atoms with Crippen molar-refractivity contribution in [3.8, 4) is 5.75 Å². The highest BCUT2D eigenvalue weighted by atomic mass is 16.5. The molecule has 1 aliphatic heterocycles. The van der Waals surface area contributed by atoms with Crippen LogP contribution in [0.2, 0.25) is 0 Å². The summed E-state index contributed by atoms with van der Waals surface area (Å²) in [5.74, 6) is 0.684. The zero-order valence-electron chi connectivity index (χ0n) is 12.5. The summed E-state index contributed by atoms with van der Waals surface area (Å²) in [6, 6.07) is 7.44. The van der Waals surface area contributed by atoms with Crippen molar-refractivity contribution in [1.82, 2.24) is 9.80 Å². The molecule has 1 saturated heterocycles. The summed E-state index contributed by atoms with van der Waals surface area (Å²) >= 11 is 0. The molecule has 2 rings (SSSR count). The van der Waals surface area contributed by atoms with Gasteiger partial charge in [-0.05, 0) is 24.3 Å². The smallest absolute Gasteiger partial charge is 0.260 e. The third-order valence-electron chi connectivity index (χ3n) is 3.58. The zero-order chi connectivity index (χ0) is 15.2. The second-order valence-corrected chi connectivity index (χ2v) is 4.95. The molecule has 1 aromatic carbocycles. The molecule has 1 aromatic rings. The molecule has 0 spiro atoms. The maximum atomic E-state index is 12.1. The van der Waals surface area contributed by atoms with Gasteiger partial charge in [-0.3, -0.25) is 9.59 Å². The van der Waals surface area contributed by atoms with E-state index in [4.69, 9.17) is 4.74 Å². The van der Waals surface area contributed by atoms with Gasteiger partial charge in [0, 0.05) is 45.8 Å². The van der Waals surface area contributed by atoms with Gasteiger partial charge in [-0.15, -0.1) is 0 Å². The molecule has 0 saturated carbocycles. The topological polar surface area (TPSA) is 61.9 Å². The van der Waals surface area contributed by atoms with Crippen molar-refractivity contribution in [3.05, 3.63) is 24.3 Å². The fourth-order valence-corrected chi connectivity index (χ4v) is 2.22. The van der Waals surface area contributed by atoms with E-state index in [9.17, 15) is 9.59 Å². The molecule has 1 aliphatic rings. The predicted molar refractivity (Wildman–Crippen MR) is 80.3 cm³/mol. The van der Waals surface area contributed by atoms with Gasteiger partial charge in [0.05, 0.1) is 0 Å². The van der Waals surface area contributed by atoms with Crippen LogP contribution in [0.5, 0.6) is 5.75 Å². The van der Waals surface area contributed by atoms with Crippen LogP contribution in [-0.4, -0.2) is 61.4 Å². The Morgan fingerprint density at radius 3 is 2.19 bits per heavy atom. The van der Waals surface area contributed by atoms with Crippen LogP contribution >= 0.6 is 0 Å². The molecule has 0 bridgehead atoms. The Hall–Kier alpha value is -2.24. The number of amides is 2. The van der Waals surface area contributed by atoms with Crippen molar-refractivity contribution in [3.63, 3.8) is 0 Å². The molecule has 1 fully saturated rings. The molecule has 1 N–H and O–H groups in total. The van der Waals surface area contributed by atoms with Crippen LogP contribution in [0.4, 0.5) is 5.69 Å². The Balaban J connectivity index is 1.78. The van der Waals surface area contributed by atoms with Crippen molar-refractivity contribution in [1.29, 1.82) is 0 Å². The van der Waals surface area contributed by atoms with Gasteiger partial charge in [-0.1, -0.05) is 0 Å². The summed E-state index contributed by atoms with van der Waals surface area (Å²) in [4.78, 5) is 26.8. The van der Waals surface area contributed by atoms with Crippen LogP contribution in [0.15, 0.2) is 24.3 Å². The second-order valence-electron chi connectivity index (χ2n) is 4.95. The Labute approximate surface area is 124 Å². The first-order chi connectivity index (χ1) is 10.1. The lowest BCUT2D eigenvalue weighted by molar-refractivity contribution is -0.139. The Bertz CT molecular complexity index is 493. The molecule has 1 heterocycles. The molecule has 0 aromatic heterocycles. The number of hydrogen-bond acceptors (Lipinski definition) is 4. The van der Waals surface area contributed by atoms with Gasteiger partial charge in [0.2, 0.25) is 5.91 Å². The Morgan fingerprint density at radius 2 is 1.67 bits per heavy atom. The number of nitrogens with one attached hydrogen (secondary N) is 1. The molecular weight excluding hydrogens is 270 g/mol. The van der Waals surface area contributed by atoms with Crippen molar-refractivity contribution < 1.29 is 14.3 Å². The number of nitrogens with zero attached hydrogens (tertiary/aromatic N) is 2. The first-order valence-electron chi connectivity index (χ1n) is 7.04. The number of piperazine rings is 1. The molecular formula is C15H21N3O3. The highest BCUT2D eigenvalue weighted by Crippen LogP contribution is 2.15. The number of rotatable bonds is 4. The minimum absolute atomic E-state index is 0.0268. The fraction of sp³-hybridized carbons (Fsp3) is 0.467. The molecule has 6 nitrogen and oxygen atoms in total. The standard InChI is InChI=1S/C15H21N3O3/c1-12(19)17-7-9-18(10-8-17)15(20)11-21-14-5-3-13(16-2)4-6-14/h3-6,16H,7-11H2,1-2H3. The highest BCUT2D eigenvalue weighted by molar-refractivity contribution is 5.78. The number of hydrogen-bond donors (Lipinski definition) is 1. The van der Waals surface area contributed by atoms with Crippen LogP contribution in [0.3, 0.4) is 0 Å². The van der Waals surface area contributed by atoms with Crippen LogP contribution < -0.4 is 10.1 Å². The van der Waals surface area contributed by atoms with Gasteiger partial charge in [0.25, 0.3) is 5.91 Å². The van der Waals surface area contributed by atoms with Gasteiger partial charge >= 0.3 is 0 Å². The van der Waals surface area contributed by atoms with Crippen LogP contribution in [0.25, 0.3) is 0 Å². The molecule has 2 amide bonds. The second kappa shape index (κ2) is 6.97. The summed E-state index contributed by atoms with van der Waals surface area (Å²) in [6.07, 6.45) is 0. The SMILES string of the molecule is CNc1ccc(OCC(=O)N2CCN(C(C)=O)CC2)cc1. The van der Waals surface area contributed by atoms with Crippen molar-refractivity contribution in [2.24, 2.45) is 0 Å². The van der Waals surface area contributed by atoms with E-state index in [1.807, 2.05) is 31.3 Å². The van der Waals surface area contributed by atoms with Gasteiger partial charge in [0.1, 0.15) is 5.75 Å². The largest absolute Gasteiger partial charge is 0.484 e.